The lowest BCUT2D eigenvalue weighted by Gasteiger charge is -2.15. The molecule has 0 bridgehead atoms. The number of hydrogen-bond donors (Lipinski definition) is 2. The number of aromatic nitrogens is 5. The third-order valence-corrected chi connectivity index (χ3v) is 8.25. The zero-order valence-corrected chi connectivity index (χ0v) is 22.2. The third-order valence-electron chi connectivity index (χ3n) is 7.06. The highest BCUT2D eigenvalue weighted by atomic mass is 32.1. The number of phenolic OH excluding ortho intramolecular Hbond substituents is 1. The van der Waals surface area contributed by atoms with Gasteiger partial charge in [0, 0.05) is 58.9 Å². The molecule has 39 heavy (non-hydrogen) atoms. The molecule has 0 amide bonds. The van der Waals surface area contributed by atoms with Gasteiger partial charge in [-0.05, 0) is 36.6 Å². The second-order valence-corrected chi connectivity index (χ2v) is 11.1. The number of nitrogens with zero attached hydrogens (tertiary/aromatic N) is 6. The van der Waals surface area contributed by atoms with E-state index < -0.39 is 11.9 Å². The molecule has 0 saturated carbocycles. The van der Waals surface area contributed by atoms with Gasteiger partial charge in [0.1, 0.15) is 22.2 Å². The van der Waals surface area contributed by atoms with Gasteiger partial charge in [-0.1, -0.05) is 31.1 Å². The number of rotatable bonds is 7. The van der Waals surface area contributed by atoms with Crippen molar-refractivity contribution in [1.82, 2.24) is 25.3 Å². The first kappa shape index (κ1) is 24.9. The maximum absolute atomic E-state index is 11.6. The average Bonchev–Trinajstić information content (AvgIpc) is 3.68. The lowest BCUT2D eigenvalue weighted by atomic mass is 9.93. The zero-order valence-electron chi connectivity index (χ0n) is 21.4. The molecule has 1 aliphatic rings. The molecule has 0 spiro atoms. The fourth-order valence-electron chi connectivity index (χ4n) is 4.99. The molecule has 10 nitrogen and oxygen atoms in total. The van der Waals surface area contributed by atoms with Crippen molar-refractivity contribution in [2.24, 2.45) is 5.92 Å². The molecular weight excluding hydrogens is 516 g/mol. The van der Waals surface area contributed by atoms with Crippen molar-refractivity contribution in [2.45, 2.75) is 32.1 Å². The number of fused-ring (bicyclic) bond motifs is 1. The number of benzene rings is 1. The summed E-state index contributed by atoms with van der Waals surface area (Å²) in [6, 6.07) is 12.9. The fourth-order valence-corrected chi connectivity index (χ4v) is 6.08. The molecule has 5 aromatic rings. The molecule has 2 N–H and O–H groups in total. The predicted octanol–water partition coefficient (Wildman–Crippen LogP) is 5.33. The molecule has 4 aromatic heterocycles. The van der Waals surface area contributed by atoms with Crippen LogP contribution in [0.5, 0.6) is 5.75 Å². The van der Waals surface area contributed by atoms with E-state index in [4.69, 9.17) is 4.52 Å². The number of hydrogen-bond acceptors (Lipinski definition) is 10. The van der Waals surface area contributed by atoms with Crippen LogP contribution in [-0.2, 0) is 4.79 Å². The first-order valence-corrected chi connectivity index (χ1v) is 13.5. The Balaban J connectivity index is 1.16. The van der Waals surface area contributed by atoms with Gasteiger partial charge < -0.3 is 19.6 Å². The molecule has 0 aliphatic carbocycles. The van der Waals surface area contributed by atoms with Crippen LogP contribution in [-0.4, -0.2) is 54.6 Å². The molecule has 0 radical (unpaired) electrons. The summed E-state index contributed by atoms with van der Waals surface area (Å²) in [6.45, 7) is 5.29. The number of carboxylic acid groups (broad SMARTS) is 1. The molecule has 5 heterocycles. The monoisotopic (exact) mass is 542 g/mol. The summed E-state index contributed by atoms with van der Waals surface area (Å²) in [5.74, 6) is -0.365. The molecule has 1 unspecified atom stereocenters. The van der Waals surface area contributed by atoms with Crippen LogP contribution < -0.4 is 4.90 Å². The van der Waals surface area contributed by atoms with E-state index in [1.807, 2.05) is 32.0 Å². The summed E-state index contributed by atoms with van der Waals surface area (Å²) in [6.07, 6.45) is 4.35. The van der Waals surface area contributed by atoms with Crippen LogP contribution in [0.15, 0.2) is 59.4 Å². The van der Waals surface area contributed by atoms with Gasteiger partial charge in [-0.3, -0.25) is 4.79 Å². The summed E-state index contributed by atoms with van der Waals surface area (Å²) in [4.78, 5) is 25.0. The van der Waals surface area contributed by atoms with Gasteiger partial charge in [0.25, 0.3) is 0 Å². The van der Waals surface area contributed by atoms with Crippen LogP contribution in [0, 0.1) is 5.92 Å². The summed E-state index contributed by atoms with van der Waals surface area (Å²) in [7, 11) is 0. The molecule has 1 aliphatic heterocycles. The summed E-state index contributed by atoms with van der Waals surface area (Å²) in [5, 5.41) is 33.5. The lowest BCUT2D eigenvalue weighted by molar-refractivity contribution is -0.140. The number of phenols is 1. The van der Waals surface area contributed by atoms with Crippen LogP contribution in [0.3, 0.4) is 0 Å². The molecule has 11 heteroatoms. The topological polar surface area (TPSA) is 138 Å². The number of carboxylic acids is 1. The Labute approximate surface area is 228 Å². The standard InChI is InChI=1S/C28H26N6O4S/c1-15(2)25(27(36)37)23-11-20(33-38-23)18-12-29-28(30-13-18)34-8-7-16(14-34)24-10-17-9-21(31-32-26(17)39-24)19-5-3-4-6-22(19)35/h3-6,9-13,15-16,25,35H,7-8,14H2,1-2H3,(H,36,37)/t16-,25?/m0/s1. The van der Waals surface area contributed by atoms with Gasteiger partial charge >= 0.3 is 5.97 Å². The van der Waals surface area contributed by atoms with Crippen LogP contribution in [0.25, 0.3) is 32.7 Å². The van der Waals surface area contributed by atoms with Crippen LogP contribution in [0.2, 0.25) is 0 Å². The van der Waals surface area contributed by atoms with Crippen LogP contribution in [0.1, 0.15) is 42.7 Å². The van der Waals surface area contributed by atoms with Gasteiger partial charge in [0.2, 0.25) is 5.95 Å². The fraction of sp³-hybridized carbons (Fsp3) is 0.286. The summed E-state index contributed by atoms with van der Waals surface area (Å²) >= 11 is 1.64. The van der Waals surface area contributed by atoms with Crippen molar-refractivity contribution in [3.05, 3.63) is 65.5 Å². The van der Waals surface area contributed by atoms with Crippen LogP contribution >= 0.6 is 11.3 Å². The molecule has 198 valence electrons. The van der Waals surface area contributed by atoms with E-state index in [2.05, 4.69) is 36.3 Å². The highest BCUT2D eigenvalue weighted by Crippen LogP contribution is 2.37. The zero-order chi connectivity index (χ0) is 27.1. The van der Waals surface area contributed by atoms with Crippen molar-refractivity contribution in [2.75, 3.05) is 18.0 Å². The van der Waals surface area contributed by atoms with Crippen molar-refractivity contribution in [3.8, 4) is 28.3 Å². The Morgan fingerprint density at radius 3 is 2.64 bits per heavy atom. The number of aromatic hydroxyl groups is 1. The van der Waals surface area contributed by atoms with E-state index in [0.29, 0.717) is 40.1 Å². The molecular formula is C28H26N6O4S. The van der Waals surface area contributed by atoms with E-state index in [1.165, 1.54) is 4.88 Å². The quantitative estimate of drug-likeness (QED) is 0.277. The largest absolute Gasteiger partial charge is 0.507 e. The van der Waals surface area contributed by atoms with Crippen molar-refractivity contribution in [3.63, 3.8) is 0 Å². The van der Waals surface area contributed by atoms with Crippen molar-refractivity contribution in [1.29, 1.82) is 0 Å². The maximum atomic E-state index is 11.6. The Morgan fingerprint density at radius 1 is 1.10 bits per heavy atom. The number of aliphatic carboxylic acids is 1. The Hall–Kier alpha value is -4.38. The van der Waals surface area contributed by atoms with Crippen LogP contribution in [0.4, 0.5) is 5.95 Å². The SMILES string of the molecule is CC(C)C(C(=O)O)c1cc(-c2cnc(N3CC[C@H](c4cc5cc(-c6ccccc6O)nnc5s4)C3)nc2)no1. The smallest absolute Gasteiger partial charge is 0.314 e. The lowest BCUT2D eigenvalue weighted by Crippen LogP contribution is -2.21. The number of para-hydroxylation sites is 1. The van der Waals surface area contributed by atoms with E-state index >= 15 is 0 Å². The highest BCUT2D eigenvalue weighted by molar-refractivity contribution is 7.18. The second-order valence-electron chi connectivity index (χ2n) is 10.0. The molecule has 2 atom stereocenters. The minimum atomic E-state index is -0.940. The maximum Gasteiger partial charge on any atom is 0.314 e. The Morgan fingerprint density at radius 2 is 1.90 bits per heavy atom. The number of anilines is 1. The van der Waals surface area contributed by atoms with E-state index in [-0.39, 0.29) is 11.7 Å². The predicted molar refractivity (Wildman–Crippen MR) is 147 cm³/mol. The van der Waals surface area contributed by atoms with Gasteiger partial charge in [-0.2, -0.15) is 0 Å². The normalized spacial score (nSPS) is 16.3. The highest BCUT2D eigenvalue weighted by Gasteiger charge is 2.29. The molecule has 1 fully saturated rings. The molecule has 6 rings (SSSR count). The second kappa shape index (κ2) is 10.1. The minimum absolute atomic E-state index is 0.127. The number of carbonyl (C=O) groups is 1. The van der Waals surface area contributed by atoms with E-state index in [0.717, 1.165) is 29.7 Å². The van der Waals surface area contributed by atoms with Gasteiger partial charge in [0.15, 0.2) is 5.76 Å². The average molecular weight is 543 g/mol. The van der Waals surface area contributed by atoms with Gasteiger partial charge in [-0.15, -0.1) is 21.5 Å². The third kappa shape index (κ3) is 4.81. The van der Waals surface area contributed by atoms with Gasteiger partial charge in [0.05, 0.1) is 5.69 Å². The summed E-state index contributed by atoms with van der Waals surface area (Å²) < 4.78 is 5.34. The van der Waals surface area contributed by atoms with E-state index in [1.54, 1.807) is 41.9 Å². The first-order valence-electron chi connectivity index (χ1n) is 12.7. The number of thiophene rings is 1. The van der Waals surface area contributed by atoms with E-state index in [9.17, 15) is 15.0 Å². The molecule has 1 saturated heterocycles. The minimum Gasteiger partial charge on any atom is -0.507 e. The Kier molecular flexibility index (Phi) is 6.43. The first-order chi connectivity index (χ1) is 18.9. The van der Waals surface area contributed by atoms with Crippen molar-refractivity contribution < 1.29 is 19.5 Å². The van der Waals surface area contributed by atoms with Crippen molar-refractivity contribution >= 4 is 33.5 Å². The van der Waals surface area contributed by atoms with Gasteiger partial charge in [-0.25, -0.2) is 9.97 Å². The summed E-state index contributed by atoms with van der Waals surface area (Å²) in [5.41, 5.74) is 2.49. The Bertz CT molecular complexity index is 1650. The molecule has 1 aromatic carbocycles.